The summed E-state index contributed by atoms with van der Waals surface area (Å²) >= 11 is 0. The molecule has 2 N–H and O–H groups in total. The number of hydrogen-bond acceptors (Lipinski definition) is 5. The number of rotatable bonds is 4. The predicted molar refractivity (Wildman–Crippen MR) is 97.1 cm³/mol. The summed E-state index contributed by atoms with van der Waals surface area (Å²) < 4.78 is 7.27. The fourth-order valence-electron chi connectivity index (χ4n) is 2.46. The monoisotopic (exact) mass is 351 g/mol. The number of hydrogen-bond donors (Lipinski definition) is 2. The van der Waals surface area contributed by atoms with E-state index in [1.807, 2.05) is 34.9 Å². The Bertz CT molecular complexity index is 935. The molecule has 6 heteroatoms. The van der Waals surface area contributed by atoms with Gasteiger partial charge in [-0.05, 0) is 45.0 Å². The number of aliphatic hydroxyl groups is 2. The molecule has 2 aromatic heterocycles. The van der Waals surface area contributed by atoms with Crippen molar-refractivity contribution < 1.29 is 14.7 Å². The molecule has 0 aliphatic rings. The van der Waals surface area contributed by atoms with Crippen LogP contribution >= 0.6 is 0 Å². The fourth-order valence-corrected chi connectivity index (χ4v) is 2.46. The molecule has 0 saturated carbocycles. The zero-order valence-corrected chi connectivity index (χ0v) is 15.0. The molecule has 26 heavy (non-hydrogen) atoms. The van der Waals surface area contributed by atoms with E-state index in [0.29, 0.717) is 18.1 Å². The molecule has 0 saturated heterocycles. The van der Waals surface area contributed by atoms with Gasteiger partial charge in [0, 0.05) is 29.6 Å². The molecule has 134 valence electrons. The lowest BCUT2D eigenvalue weighted by atomic mass is 10.1. The molecule has 6 nitrogen and oxygen atoms in total. The van der Waals surface area contributed by atoms with Crippen LogP contribution in [0.4, 0.5) is 0 Å². The van der Waals surface area contributed by atoms with E-state index in [-0.39, 0.29) is 0 Å². The summed E-state index contributed by atoms with van der Waals surface area (Å²) in [6, 6.07) is 9.41. The van der Waals surface area contributed by atoms with Gasteiger partial charge in [-0.2, -0.15) is 0 Å². The molecule has 3 aromatic rings. The topological polar surface area (TPSA) is 84.3 Å². The van der Waals surface area contributed by atoms with Gasteiger partial charge in [-0.3, -0.25) is 0 Å². The molecule has 1 aromatic carbocycles. The summed E-state index contributed by atoms with van der Waals surface area (Å²) in [5.41, 5.74) is 1.43. The number of nitrogens with zero attached hydrogens (tertiary/aromatic N) is 3. The van der Waals surface area contributed by atoms with Gasteiger partial charge in [-0.25, -0.2) is 4.98 Å². The summed E-state index contributed by atoms with van der Waals surface area (Å²) in [7, 11) is 0. The van der Waals surface area contributed by atoms with Crippen molar-refractivity contribution in [2.24, 2.45) is 0 Å². The third-order valence-corrected chi connectivity index (χ3v) is 3.69. The Labute approximate surface area is 152 Å². The Morgan fingerprint density at radius 1 is 1.27 bits per heavy atom. The standard InChI is InChI=1S/C20H21N3O3/c1-14(24)19-21-10-11-23(19)13-17-12-18(26-22-17)16-6-4-15(5-7-16)8-9-20(2,3)25/h4-7,10-12,14,24-25H,13H2,1-3H3/t14-/m0/s1. The highest BCUT2D eigenvalue weighted by Gasteiger charge is 2.12. The van der Waals surface area contributed by atoms with E-state index < -0.39 is 11.7 Å². The quantitative estimate of drug-likeness (QED) is 0.706. The molecule has 1 atom stereocenters. The lowest BCUT2D eigenvalue weighted by Crippen LogP contribution is -2.14. The van der Waals surface area contributed by atoms with Crippen LogP contribution in [-0.4, -0.2) is 30.5 Å². The minimum Gasteiger partial charge on any atom is -0.385 e. The van der Waals surface area contributed by atoms with Crippen molar-refractivity contribution in [3.63, 3.8) is 0 Å². The maximum Gasteiger partial charge on any atom is 0.167 e. The van der Waals surface area contributed by atoms with Crippen molar-refractivity contribution in [1.29, 1.82) is 0 Å². The van der Waals surface area contributed by atoms with Gasteiger partial charge >= 0.3 is 0 Å². The van der Waals surface area contributed by atoms with Crippen molar-refractivity contribution in [2.75, 3.05) is 0 Å². The lowest BCUT2D eigenvalue weighted by Gasteiger charge is -2.07. The molecule has 0 fully saturated rings. The van der Waals surface area contributed by atoms with Crippen LogP contribution in [0.15, 0.2) is 47.2 Å². The molecule has 0 radical (unpaired) electrons. The van der Waals surface area contributed by atoms with Gasteiger partial charge in [0.25, 0.3) is 0 Å². The molecule has 0 unspecified atom stereocenters. The van der Waals surface area contributed by atoms with Crippen LogP contribution in [0.5, 0.6) is 0 Å². The van der Waals surface area contributed by atoms with E-state index in [9.17, 15) is 10.2 Å². The summed E-state index contributed by atoms with van der Waals surface area (Å²) in [6.45, 7) is 5.44. The van der Waals surface area contributed by atoms with E-state index in [1.54, 1.807) is 33.2 Å². The van der Waals surface area contributed by atoms with Crippen molar-refractivity contribution >= 4 is 0 Å². The van der Waals surface area contributed by atoms with Crippen LogP contribution in [0.3, 0.4) is 0 Å². The highest BCUT2D eigenvalue weighted by atomic mass is 16.5. The number of aliphatic hydroxyl groups excluding tert-OH is 1. The van der Waals surface area contributed by atoms with E-state index >= 15 is 0 Å². The second-order valence-electron chi connectivity index (χ2n) is 6.66. The Morgan fingerprint density at radius 3 is 2.65 bits per heavy atom. The van der Waals surface area contributed by atoms with E-state index in [4.69, 9.17) is 4.52 Å². The van der Waals surface area contributed by atoms with Crippen LogP contribution in [0, 0.1) is 11.8 Å². The van der Waals surface area contributed by atoms with E-state index in [2.05, 4.69) is 22.0 Å². The van der Waals surface area contributed by atoms with E-state index in [1.165, 1.54) is 0 Å². The number of benzene rings is 1. The molecule has 0 amide bonds. The van der Waals surface area contributed by atoms with Gasteiger partial charge < -0.3 is 19.3 Å². The summed E-state index contributed by atoms with van der Waals surface area (Å²) in [6.07, 6.45) is 2.80. The highest BCUT2D eigenvalue weighted by molar-refractivity contribution is 5.59. The first-order valence-corrected chi connectivity index (χ1v) is 8.32. The Hall–Kier alpha value is -2.88. The van der Waals surface area contributed by atoms with Gasteiger partial charge in [0.1, 0.15) is 23.2 Å². The van der Waals surface area contributed by atoms with Crippen molar-refractivity contribution in [3.8, 4) is 23.2 Å². The zero-order valence-electron chi connectivity index (χ0n) is 15.0. The predicted octanol–water partition coefficient (Wildman–Crippen LogP) is 2.76. The van der Waals surface area contributed by atoms with Crippen molar-refractivity contribution in [2.45, 2.75) is 39.0 Å². The number of aromatic nitrogens is 3. The molecule has 0 bridgehead atoms. The second-order valence-corrected chi connectivity index (χ2v) is 6.66. The molecule has 3 rings (SSSR count). The Balaban J connectivity index is 1.75. The van der Waals surface area contributed by atoms with Crippen LogP contribution in [-0.2, 0) is 6.54 Å². The van der Waals surface area contributed by atoms with Gasteiger partial charge in [0.15, 0.2) is 5.76 Å². The molecule has 0 aliphatic carbocycles. The van der Waals surface area contributed by atoms with Crippen molar-refractivity contribution in [3.05, 3.63) is 59.8 Å². The normalized spacial score (nSPS) is 12.5. The first-order chi connectivity index (χ1) is 12.3. The molecular weight excluding hydrogens is 330 g/mol. The molecule has 2 heterocycles. The first-order valence-electron chi connectivity index (χ1n) is 8.32. The van der Waals surface area contributed by atoms with Gasteiger partial charge in [-0.1, -0.05) is 17.0 Å². The smallest absolute Gasteiger partial charge is 0.167 e. The highest BCUT2D eigenvalue weighted by Crippen LogP contribution is 2.22. The fraction of sp³-hybridized carbons (Fsp3) is 0.300. The first kappa shape index (κ1) is 17.9. The van der Waals surface area contributed by atoms with Crippen LogP contribution < -0.4 is 0 Å². The van der Waals surface area contributed by atoms with Gasteiger partial charge in [0.2, 0.25) is 0 Å². The van der Waals surface area contributed by atoms with Gasteiger partial charge in [-0.15, -0.1) is 0 Å². The maximum absolute atomic E-state index is 9.72. The third kappa shape index (κ3) is 4.39. The van der Waals surface area contributed by atoms with Crippen molar-refractivity contribution in [1.82, 2.24) is 14.7 Å². The average Bonchev–Trinajstić information content (AvgIpc) is 3.23. The van der Waals surface area contributed by atoms with Crippen LogP contribution in [0.25, 0.3) is 11.3 Å². The summed E-state index contributed by atoms with van der Waals surface area (Å²) in [5.74, 6) is 6.96. The van der Waals surface area contributed by atoms with Crippen LogP contribution in [0.2, 0.25) is 0 Å². The van der Waals surface area contributed by atoms with E-state index in [0.717, 1.165) is 16.8 Å². The molecular formula is C20H21N3O3. The average molecular weight is 351 g/mol. The minimum absolute atomic E-state index is 0.471. The Kier molecular flexibility index (Phi) is 4.94. The zero-order chi connectivity index (χ0) is 18.7. The largest absolute Gasteiger partial charge is 0.385 e. The third-order valence-electron chi connectivity index (χ3n) is 3.69. The summed E-state index contributed by atoms with van der Waals surface area (Å²) in [5, 5.41) is 23.5. The lowest BCUT2D eigenvalue weighted by molar-refractivity contribution is 0.143. The Morgan fingerprint density at radius 2 is 2.00 bits per heavy atom. The minimum atomic E-state index is -1.02. The molecule has 0 aliphatic heterocycles. The van der Waals surface area contributed by atoms with Crippen LogP contribution in [0.1, 0.15) is 44.0 Å². The van der Waals surface area contributed by atoms with Gasteiger partial charge in [0.05, 0.1) is 6.54 Å². The molecule has 0 spiro atoms. The summed E-state index contributed by atoms with van der Waals surface area (Å²) in [4.78, 5) is 4.15. The maximum atomic E-state index is 9.72. The second kappa shape index (κ2) is 7.16. The number of imidazole rings is 1. The SMILES string of the molecule is C[C@H](O)c1nccn1Cc1cc(-c2ccc(C#CC(C)(C)O)cc2)on1.